The molecule has 22 heavy (non-hydrogen) atoms. The van der Waals surface area contributed by atoms with Crippen LogP contribution >= 0.6 is 0 Å². The summed E-state index contributed by atoms with van der Waals surface area (Å²) in [6, 6.07) is 7.16. The smallest absolute Gasteiger partial charge is 0.338 e. The van der Waals surface area contributed by atoms with Gasteiger partial charge in [0.15, 0.2) is 6.61 Å². The summed E-state index contributed by atoms with van der Waals surface area (Å²) in [6.45, 7) is 11.9. The Morgan fingerprint density at radius 1 is 1.09 bits per heavy atom. The predicted octanol–water partition coefficient (Wildman–Crippen LogP) is 3.48. The van der Waals surface area contributed by atoms with Gasteiger partial charge < -0.3 is 10.1 Å². The molecule has 0 heterocycles. The van der Waals surface area contributed by atoms with Crippen molar-refractivity contribution in [3.63, 3.8) is 0 Å². The highest BCUT2D eigenvalue weighted by Crippen LogP contribution is 2.26. The number of hydrogen-bond donors (Lipinski definition) is 1. The molecule has 1 aromatic carbocycles. The highest BCUT2D eigenvalue weighted by atomic mass is 16.5. The number of carbonyl (C=O) groups is 2. The minimum absolute atomic E-state index is 0.106. The lowest BCUT2D eigenvalue weighted by atomic mass is 9.82. The molecule has 0 saturated heterocycles. The maximum atomic E-state index is 12.0. The summed E-state index contributed by atoms with van der Waals surface area (Å²) in [4.78, 5) is 23.9. The fraction of sp³-hybridized carbons (Fsp3) is 0.556. The zero-order valence-electron chi connectivity index (χ0n) is 14.4. The zero-order chi connectivity index (χ0) is 17.0. The lowest BCUT2D eigenvalue weighted by molar-refractivity contribution is -0.126. The lowest BCUT2D eigenvalue weighted by Gasteiger charge is -2.33. The Bertz CT molecular complexity index is 542. The molecule has 0 bridgehead atoms. The summed E-state index contributed by atoms with van der Waals surface area (Å²) in [7, 11) is 0. The zero-order valence-corrected chi connectivity index (χ0v) is 14.4. The van der Waals surface area contributed by atoms with Crippen molar-refractivity contribution in [2.24, 2.45) is 5.41 Å². The van der Waals surface area contributed by atoms with Gasteiger partial charge in [0.25, 0.3) is 5.91 Å². The van der Waals surface area contributed by atoms with E-state index in [-0.39, 0.29) is 23.5 Å². The van der Waals surface area contributed by atoms with Gasteiger partial charge in [-0.2, -0.15) is 0 Å². The predicted molar refractivity (Wildman–Crippen MR) is 87.8 cm³/mol. The van der Waals surface area contributed by atoms with Crippen LogP contribution in [0.2, 0.25) is 0 Å². The van der Waals surface area contributed by atoms with Crippen LogP contribution in [-0.2, 0) is 9.53 Å². The quantitative estimate of drug-likeness (QED) is 0.847. The minimum Gasteiger partial charge on any atom is -0.452 e. The number of hydrogen-bond acceptors (Lipinski definition) is 3. The number of benzene rings is 1. The van der Waals surface area contributed by atoms with Gasteiger partial charge in [-0.25, -0.2) is 4.79 Å². The topological polar surface area (TPSA) is 55.4 Å². The molecule has 0 fully saturated rings. The van der Waals surface area contributed by atoms with Crippen LogP contribution in [0.15, 0.2) is 24.3 Å². The Hall–Kier alpha value is -1.84. The van der Waals surface area contributed by atoms with Gasteiger partial charge in [-0.1, -0.05) is 39.0 Å². The summed E-state index contributed by atoms with van der Waals surface area (Å²) >= 11 is 0. The maximum absolute atomic E-state index is 12.0. The van der Waals surface area contributed by atoms with Crippen molar-refractivity contribution >= 4 is 11.9 Å². The third-order valence-corrected chi connectivity index (χ3v) is 3.15. The SMILES string of the molecule is Cc1ccccc1C(=O)OCC(=O)NC(C)(C)CC(C)(C)C. The number of ether oxygens (including phenoxy) is 1. The van der Waals surface area contributed by atoms with Crippen molar-refractivity contribution in [2.75, 3.05) is 6.61 Å². The van der Waals surface area contributed by atoms with E-state index in [0.717, 1.165) is 12.0 Å². The molecule has 1 amide bonds. The average Bonchev–Trinajstić information content (AvgIpc) is 2.32. The first-order valence-electron chi connectivity index (χ1n) is 7.54. The molecule has 1 N–H and O–H groups in total. The summed E-state index contributed by atoms with van der Waals surface area (Å²) in [5.74, 6) is -0.752. The van der Waals surface area contributed by atoms with E-state index >= 15 is 0 Å². The van der Waals surface area contributed by atoms with Gasteiger partial charge >= 0.3 is 5.97 Å². The van der Waals surface area contributed by atoms with Crippen molar-refractivity contribution in [1.29, 1.82) is 0 Å². The van der Waals surface area contributed by atoms with Crippen molar-refractivity contribution in [2.45, 2.75) is 53.5 Å². The first-order valence-corrected chi connectivity index (χ1v) is 7.54. The van der Waals surface area contributed by atoms with Crippen LogP contribution in [0.4, 0.5) is 0 Å². The summed E-state index contributed by atoms with van der Waals surface area (Å²) < 4.78 is 5.10. The lowest BCUT2D eigenvalue weighted by Crippen LogP contribution is -2.47. The monoisotopic (exact) mass is 305 g/mol. The van der Waals surface area contributed by atoms with Gasteiger partial charge in [-0.05, 0) is 44.2 Å². The third-order valence-electron chi connectivity index (χ3n) is 3.15. The van der Waals surface area contributed by atoms with Crippen LogP contribution < -0.4 is 5.32 Å². The number of aryl methyl sites for hydroxylation is 1. The fourth-order valence-corrected chi connectivity index (χ4v) is 2.79. The Morgan fingerprint density at radius 3 is 2.23 bits per heavy atom. The molecule has 0 spiro atoms. The molecule has 1 rings (SSSR count). The van der Waals surface area contributed by atoms with Crippen LogP contribution in [0.1, 0.15) is 57.0 Å². The molecule has 0 atom stereocenters. The number of rotatable bonds is 5. The Labute approximate surface area is 133 Å². The van der Waals surface area contributed by atoms with E-state index < -0.39 is 5.97 Å². The molecule has 0 unspecified atom stereocenters. The molecule has 0 saturated carbocycles. The van der Waals surface area contributed by atoms with Crippen LogP contribution in [0, 0.1) is 12.3 Å². The molecule has 122 valence electrons. The van der Waals surface area contributed by atoms with E-state index in [4.69, 9.17) is 4.74 Å². The van der Waals surface area contributed by atoms with E-state index in [2.05, 4.69) is 26.1 Å². The van der Waals surface area contributed by atoms with Crippen LogP contribution in [0.5, 0.6) is 0 Å². The number of esters is 1. The van der Waals surface area contributed by atoms with Gasteiger partial charge in [0.2, 0.25) is 0 Å². The molecular weight excluding hydrogens is 278 g/mol. The van der Waals surface area contributed by atoms with Crippen LogP contribution in [-0.4, -0.2) is 24.0 Å². The third kappa shape index (κ3) is 6.29. The largest absolute Gasteiger partial charge is 0.452 e. The minimum atomic E-state index is -0.470. The molecule has 1 aromatic rings. The molecule has 0 aromatic heterocycles. The highest BCUT2D eigenvalue weighted by molar-refractivity contribution is 5.92. The normalized spacial score (nSPS) is 11.9. The van der Waals surface area contributed by atoms with Gasteiger partial charge in [0.1, 0.15) is 0 Å². The summed E-state index contributed by atoms with van der Waals surface area (Å²) in [5, 5.41) is 2.92. The van der Waals surface area contributed by atoms with Gasteiger partial charge in [-0.3, -0.25) is 4.79 Å². The summed E-state index contributed by atoms with van der Waals surface area (Å²) in [6.07, 6.45) is 0.831. The van der Waals surface area contributed by atoms with Crippen molar-refractivity contribution in [3.05, 3.63) is 35.4 Å². The molecule has 0 radical (unpaired) electrons. The number of nitrogens with one attached hydrogen (secondary N) is 1. The second-order valence-electron chi connectivity index (χ2n) is 7.56. The first kappa shape index (κ1) is 18.2. The van der Waals surface area contributed by atoms with Crippen molar-refractivity contribution in [1.82, 2.24) is 5.32 Å². The Kier molecular flexibility index (Phi) is 5.75. The Morgan fingerprint density at radius 2 is 1.68 bits per heavy atom. The second kappa shape index (κ2) is 6.95. The van der Waals surface area contributed by atoms with Crippen molar-refractivity contribution < 1.29 is 14.3 Å². The van der Waals surface area contributed by atoms with Crippen LogP contribution in [0.3, 0.4) is 0 Å². The highest BCUT2D eigenvalue weighted by Gasteiger charge is 2.27. The Balaban J connectivity index is 2.53. The fourth-order valence-electron chi connectivity index (χ4n) is 2.79. The van der Waals surface area contributed by atoms with E-state index in [0.29, 0.717) is 5.56 Å². The molecule has 0 aliphatic heterocycles. The summed E-state index contributed by atoms with van der Waals surface area (Å²) in [5.41, 5.74) is 1.09. The van der Waals surface area contributed by atoms with E-state index in [1.165, 1.54) is 0 Å². The van der Waals surface area contributed by atoms with Gasteiger partial charge in [0.05, 0.1) is 5.56 Å². The molecule has 4 heteroatoms. The number of amides is 1. The van der Waals surface area contributed by atoms with Gasteiger partial charge in [-0.15, -0.1) is 0 Å². The molecule has 4 nitrogen and oxygen atoms in total. The van der Waals surface area contributed by atoms with E-state index in [9.17, 15) is 9.59 Å². The van der Waals surface area contributed by atoms with E-state index in [1.807, 2.05) is 32.9 Å². The van der Waals surface area contributed by atoms with Gasteiger partial charge in [0, 0.05) is 5.54 Å². The van der Waals surface area contributed by atoms with Crippen LogP contribution in [0.25, 0.3) is 0 Å². The molecular formula is C18H27NO3. The van der Waals surface area contributed by atoms with Crippen molar-refractivity contribution in [3.8, 4) is 0 Å². The first-order chi connectivity index (χ1) is 10.0. The average molecular weight is 305 g/mol. The second-order valence-corrected chi connectivity index (χ2v) is 7.56. The van der Waals surface area contributed by atoms with E-state index in [1.54, 1.807) is 12.1 Å². The maximum Gasteiger partial charge on any atom is 0.338 e. The molecule has 0 aliphatic carbocycles. The molecule has 0 aliphatic rings. The number of carbonyl (C=O) groups excluding carboxylic acids is 2. The standard InChI is InChI=1S/C18H27NO3/c1-13-9-7-8-10-14(13)16(21)22-11-15(20)19-18(5,6)12-17(2,3)4/h7-10H,11-12H2,1-6H3,(H,19,20).